The number of carbonyl (C=O) groups excluding carboxylic acids is 1. The fraction of sp³-hybridized carbons (Fsp3) is 0.150. The molecule has 2 unspecified atom stereocenters. The molecule has 0 bridgehead atoms. The summed E-state index contributed by atoms with van der Waals surface area (Å²) in [6.07, 6.45) is 0. The summed E-state index contributed by atoms with van der Waals surface area (Å²) in [5, 5.41) is 4.84. The lowest BCUT2D eigenvalue weighted by Crippen LogP contribution is -2.34. The fourth-order valence-electron chi connectivity index (χ4n) is 2.45. The Labute approximate surface area is 155 Å². The van der Waals surface area contributed by atoms with Crippen LogP contribution in [0.1, 0.15) is 23.4 Å². The first-order valence-corrected chi connectivity index (χ1v) is 9.70. The highest BCUT2D eigenvalue weighted by Gasteiger charge is 2.22. The third-order valence-corrected chi connectivity index (χ3v) is 5.79. The number of benzene rings is 2. The van der Waals surface area contributed by atoms with E-state index in [-0.39, 0.29) is 23.0 Å². The second-order valence-electron chi connectivity index (χ2n) is 5.58. The molecule has 5 heteroatoms. The Morgan fingerprint density at radius 1 is 1.04 bits per heavy atom. The molecule has 0 saturated carbocycles. The van der Waals surface area contributed by atoms with Gasteiger partial charge >= 0.3 is 0 Å². The van der Waals surface area contributed by atoms with Gasteiger partial charge in [-0.3, -0.25) is 4.79 Å². The molecule has 3 rings (SSSR count). The molecule has 1 aromatic heterocycles. The summed E-state index contributed by atoms with van der Waals surface area (Å²) < 4.78 is 13.2. The van der Waals surface area contributed by atoms with E-state index in [2.05, 4.69) is 5.32 Å². The second-order valence-corrected chi connectivity index (χ2v) is 7.98. The molecule has 1 N–H and O–H groups in total. The maximum atomic E-state index is 13.2. The number of carbonyl (C=O) groups is 1. The predicted octanol–water partition coefficient (Wildman–Crippen LogP) is 5.27. The summed E-state index contributed by atoms with van der Waals surface area (Å²) in [6, 6.07) is 19.8. The van der Waals surface area contributed by atoms with Gasteiger partial charge in [-0.15, -0.1) is 23.1 Å². The predicted molar refractivity (Wildman–Crippen MR) is 102 cm³/mol. The van der Waals surface area contributed by atoms with Gasteiger partial charge < -0.3 is 5.32 Å². The third kappa shape index (κ3) is 4.71. The minimum atomic E-state index is -0.284. The quantitative estimate of drug-likeness (QED) is 0.598. The van der Waals surface area contributed by atoms with Crippen LogP contribution in [0.25, 0.3) is 0 Å². The Bertz CT molecular complexity index is 803. The van der Waals surface area contributed by atoms with Gasteiger partial charge in [-0.1, -0.05) is 36.4 Å². The monoisotopic (exact) mass is 371 g/mol. The van der Waals surface area contributed by atoms with E-state index in [0.717, 1.165) is 15.3 Å². The van der Waals surface area contributed by atoms with E-state index in [4.69, 9.17) is 0 Å². The lowest BCUT2D eigenvalue weighted by atomic mass is 10.1. The molecule has 0 spiro atoms. The lowest BCUT2D eigenvalue weighted by Gasteiger charge is -2.20. The summed E-state index contributed by atoms with van der Waals surface area (Å²) in [7, 11) is 0. The molecular formula is C20H18FNOS2. The Morgan fingerprint density at radius 2 is 1.76 bits per heavy atom. The normalized spacial score (nSPS) is 13.2. The molecular weight excluding hydrogens is 353 g/mol. The van der Waals surface area contributed by atoms with Crippen molar-refractivity contribution in [3.8, 4) is 0 Å². The molecule has 0 fully saturated rings. The molecule has 128 valence electrons. The van der Waals surface area contributed by atoms with Crippen LogP contribution in [0.5, 0.6) is 0 Å². The van der Waals surface area contributed by atoms with Crippen molar-refractivity contribution >= 4 is 29.0 Å². The zero-order valence-electron chi connectivity index (χ0n) is 13.7. The molecule has 0 saturated heterocycles. The number of thioether (sulfide) groups is 1. The van der Waals surface area contributed by atoms with Crippen LogP contribution in [0, 0.1) is 5.82 Å². The number of hydrogen-bond acceptors (Lipinski definition) is 3. The molecule has 0 aliphatic carbocycles. The van der Waals surface area contributed by atoms with Gasteiger partial charge in [0.2, 0.25) is 5.91 Å². The van der Waals surface area contributed by atoms with Crippen molar-refractivity contribution < 1.29 is 9.18 Å². The molecule has 1 heterocycles. The summed E-state index contributed by atoms with van der Waals surface area (Å²) >= 11 is 3.09. The van der Waals surface area contributed by atoms with E-state index in [9.17, 15) is 9.18 Å². The van der Waals surface area contributed by atoms with E-state index >= 15 is 0 Å². The van der Waals surface area contributed by atoms with Crippen LogP contribution in [0.15, 0.2) is 77.0 Å². The van der Waals surface area contributed by atoms with Crippen LogP contribution >= 0.6 is 23.1 Å². The first kappa shape index (κ1) is 17.7. The van der Waals surface area contributed by atoms with E-state index in [1.807, 2.05) is 54.8 Å². The summed E-state index contributed by atoms with van der Waals surface area (Å²) in [5.74, 6) is -0.329. The zero-order valence-corrected chi connectivity index (χ0v) is 15.3. The van der Waals surface area contributed by atoms with Crippen LogP contribution in [0.4, 0.5) is 4.39 Å². The minimum absolute atomic E-state index is 0.0448. The average Bonchev–Trinajstić information content (AvgIpc) is 3.15. The summed E-state index contributed by atoms with van der Waals surface area (Å²) in [5.41, 5.74) is 0.870. The van der Waals surface area contributed by atoms with Crippen LogP contribution in [0.2, 0.25) is 0 Å². The van der Waals surface area contributed by atoms with Crippen molar-refractivity contribution in [1.29, 1.82) is 0 Å². The number of hydrogen-bond donors (Lipinski definition) is 1. The standard InChI is InChI=1S/C20H18FNOS2/c1-14(25-17-6-3-2-4-7-17)20(23)22-19(18-8-5-13-24-18)15-9-11-16(21)12-10-15/h2-14,19H,1H3,(H,22,23). The van der Waals surface area contributed by atoms with E-state index in [1.165, 1.54) is 23.9 Å². The van der Waals surface area contributed by atoms with E-state index < -0.39 is 0 Å². The molecule has 2 aromatic carbocycles. The molecule has 1 amide bonds. The van der Waals surface area contributed by atoms with Crippen molar-refractivity contribution in [3.05, 3.63) is 88.4 Å². The summed E-state index contributed by atoms with van der Waals surface area (Å²) in [4.78, 5) is 14.8. The van der Waals surface area contributed by atoms with Gasteiger partial charge in [0, 0.05) is 9.77 Å². The highest BCUT2D eigenvalue weighted by molar-refractivity contribution is 8.00. The molecule has 25 heavy (non-hydrogen) atoms. The van der Waals surface area contributed by atoms with Crippen LogP contribution in [-0.4, -0.2) is 11.2 Å². The zero-order chi connectivity index (χ0) is 17.6. The third-order valence-electron chi connectivity index (χ3n) is 3.74. The number of amides is 1. The largest absolute Gasteiger partial charge is 0.343 e. The smallest absolute Gasteiger partial charge is 0.233 e. The van der Waals surface area contributed by atoms with Crippen LogP contribution in [-0.2, 0) is 4.79 Å². The van der Waals surface area contributed by atoms with Crippen molar-refractivity contribution in [2.24, 2.45) is 0 Å². The van der Waals surface area contributed by atoms with Gasteiger partial charge in [0.25, 0.3) is 0 Å². The Balaban J connectivity index is 1.75. The highest BCUT2D eigenvalue weighted by atomic mass is 32.2. The number of nitrogens with one attached hydrogen (secondary N) is 1. The Hall–Kier alpha value is -2.11. The van der Waals surface area contributed by atoms with Crippen LogP contribution in [0.3, 0.4) is 0 Å². The SMILES string of the molecule is CC(Sc1ccccc1)C(=O)NC(c1ccc(F)cc1)c1cccs1. The molecule has 3 aromatic rings. The van der Waals surface area contributed by atoms with Crippen molar-refractivity contribution in [2.75, 3.05) is 0 Å². The number of halogens is 1. The molecule has 0 aliphatic heterocycles. The highest BCUT2D eigenvalue weighted by Crippen LogP contribution is 2.28. The molecule has 0 radical (unpaired) electrons. The van der Waals surface area contributed by atoms with Gasteiger partial charge in [0.1, 0.15) is 5.82 Å². The van der Waals surface area contributed by atoms with Gasteiger partial charge in [0.05, 0.1) is 11.3 Å². The van der Waals surface area contributed by atoms with Gasteiger partial charge in [-0.05, 0) is 48.2 Å². The van der Waals surface area contributed by atoms with Crippen LogP contribution < -0.4 is 5.32 Å². The van der Waals surface area contributed by atoms with E-state index in [0.29, 0.717) is 0 Å². The fourth-order valence-corrected chi connectivity index (χ4v) is 4.15. The number of thiophene rings is 1. The first-order chi connectivity index (χ1) is 12.1. The molecule has 2 nitrogen and oxygen atoms in total. The van der Waals surface area contributed by atoms with Crippen molar-refractivity contribution in [3.63, 3.8) is 0 Å². The van der Waals surface area contributed by atoms with Gasteiger partial charge in [-0.25, -0.2) is 4.39 Å². The lowest BCUT2D eigenvalue weighted by molar-refractivity contribution is -0.120. The minimum Gasteiger partial charge on any atom is -0.343 e. The first-order valence-electron chi connectivity index (χ1n) is 7.94. The van der Waals surface area contributed by atoms with Crippen molar-refractivity contribution in [1.82, 2.24) is 5.32 Å². The second kappa shape index (κ2) is 8.32. The summed E-state index contributed by atoms with van der Waals surface area (Å²) in [6.45, 7) is 1.89. The topological polar surface area (TPSA) is 29.1 Å². The number of rotatable bonds is 6. The average molecular weight is 372 g/mol. The maximum Gasteiger partial charge on any atom is 0.233 e. The molecule has 0 aliphatic rings. The van der Waals surface area contributed by atoms with E-state index in [1.54, 1.807) is 23.5 Å². The Kier molecular flexibility index (Phi) is 5.89. The maximum absolute atomic E-state index is 13.2. The van der Waals surface area contributed by atoms with Crippen molar-refractivity contribution in [2.45, 2.75) is 23.1 Å². The Morgan fingerprint density at radius 3 is 2.40 bits per heavy atom. The van der Waals surface area contributed by atoms with Gasteiger partial charge in [0.15, 0.2) is 0 Å². The van der Waals surface area contributed by atoms with Gasteiger partial charge in [-0.2, -0.15) is 0 Å². The molecule has 2 atom stereocenters.